The Kier molecular flexibility index (Phi) is 4.65. The second-order valence-corrected chi connectivity index (χ2v) is 5.47. The van der Waals surface area contributed by atoms with Crippen LogP contribution in [0.2, 0.25) is 0 Å². The number of hydrogen-bond donors (Lipinski definition) is 2. The molecule has 2 N–H and O–H groups in total. The van der Waals surface area contributed by atoms with Crippen molar-refractivity contribution >= 4 is 17.0 Å². The second kappa shape index (κ2) is 7.04. The quantitative estimate of drug-likeness (QED) is 0.728. The summed E-state index contributed by atoms with van der Waals surface area (Å²) in [5.41, 5.74) is 3.09. The van der Waals surface area contributed by atoms with Crippen molar-refractivity contribution in [2.24, 2.45) is 0 Å². The molecule has 0 atom stereocenters. The zero-order valence-corrected chi connectivity index (χ0v) is 13.3. The van der Waals surface area contributed by atoms with Gasteiger partial charge in [0.05, 0.1) is 12.6 Å². The number of fused-ring (bicyclic) bond motifs is 1. The summed E-state index contributed by atoms with van der Waals surface area (Å²) >= 11 is 0. The number of carbonyl (C=O) groups is 1. The number of oxazole rings is 1. The van der Waals surface area contributed by atoms with Crippen molar-refractivity contribution in [3.05, 3.63) is 64.1 Å². The fourth-order valence-electron chi connectivity index (χ4n) is 2.48. The molecule has 0 saturated heterocycles. The van der Waals surface area contributed by atoms with Gasteiger partial charge in [-0.05, 0) is 41.8 Å². The fraction of sp³-hybridized carbons (Fsp3) is 0.222. The first-order chi connectivity index (χ1) is 11.6. The number of rotatable bonds is 6. The van der Waals surface area contributed by atoms with E-state index in [9.17, 15) is 9.59 Å². The van der Waals surface area contributed by atoms with Crippen molar-refractivity contribution in [2.75, 3.05) is 7.11 Å². The summed E-state index contributed by atoms with van der Waals surface area (Å²) in [7, 11) is 1.62. The van der Waals surface area contributed by atoms with Crippen LogP contribution in [-0.4, -0.2) is 18.0 Å². The Morgan fingerprint density at radius 3 is 2.92 bits per heavy atom. The van der Waals surface area contributed by atoms with Crippen molar-refractivity contribution in [1.82, 2.24) is 10.3 Å². The number of H-pyrrole nitrogens is 1. The number of carbonyl (C=O) groups excluding carboxylic acids is 1. The summed E-state index contributed by atoms with van der Waals surface area (Å²) in [6.45, 7) is 0.403. The van der Waals surface area contributed by atoms with E-state index in [2.05, 4.69) is 10.3 Å². The molecule has 3 rings (SSSR count). The predicted octanol–water partition coefficient (Wildman–Crippen LogP) is 2.38. The maximum absolute atomic E-state index is 12.0. The minimum atomic E-state index is -0.482. The molecule has 0 radical (unpaired) electrons. The molecule has 1 aromatic heterocycles. The van der Waals surface area contributed by atoms with E-state index in [1.807, 2.05) is 30.3 Å². The van der Waals surface area contributed by atoms with Gasteiger partial charge >= 0.3 is 5.76 Å². The van der Waals surface area contributed by atoms with Crippen LogP contribution in [-0.2, 0) is 17.8 Å². The van der Waals surface area contributed by atoms with Crippen LogP contribution in [0.25, 0.3) is 11.1 Å². The Morgan fingerprint density at radius 1 is 1.21 bits per heavy atom. The number of ether oxygens (including phenoxy) is 1. The number of aromatic amines is 1. The Balaban J connectivity index is 1.53. The SMILES string of the molecule is COc1cccc(CCC(=O)NCc2ccc3oc(=O)[nH]c3c2)c1. The molecule has 24 heavy (non-hydrogen) atoms. The molecule has 6 heteroatoms. The summed E-state index contributed by atoms with van der Waals surface area (Å²) in [5.74, 6) is 0.276. The van der Waals surface area contributed by atoms with Crippen molar-refractivity contribution in [3.63, 3.8) is 0 Å². The van der Waals surface area contributed by atoms with Crippen molar-refractivity contribution < 1.29 is 13.9 Å². The first-order valence-electron chi connectivity index (χ1n) is 7.65. The molecule has 0 saturated carbocycles. The summed E-state index contributed by atoms with van der Waals surface area (Å²) in [4.78, 5) is 25.7. The van der Waals surface area contributed by atoms with Gasteiger partial charge < -0.3 is 14.5 Å². The van der Waals surface area contributed by atoms with Crippen molar-refractivity contribution in [3.8, 4) is 5.75 Å². The molecule has 6 nitrogen and oxygen atoms in total. The Bertz CT molecular complexity index is 911. The minimum absolute atomic E-state index is 0.0291. The second-order valence-electron chi connectivity index (χ2n) is 5.47. The molecule has 124 valence electrons. The monoisotopic (exact) mass is 326 g/mol. The largest absolute Gasteiger partial charge is 0.497 e. The highest BCUT2D eigenvalue weighted by Gasteiger charge is 2.05. The first-order valence-corrected chi connectivity index (χ1v) is 7.65. The predicted molar refractivity (Wildman–Crippen MR) is 90.0 cm³/mol. The number of benzene rings is 2. The molecule has 1 heterocycles. The smallest absolute Gasteiger partial charge is 0.417 e. The molecule has 1 amide bonds. The van der Waals surface area contributed by atoms with Gasteiger partial charge in [0, 0.05) is 13.0 Å². The molecule has 0 spiro atoms. The molecular weight excluding hydrogens is 308 g/mol. The molecule has 0 bridgehead atoms. The van der Waals surface area contributed by atoms with Gasteiger partial charge in [0.2, 0.25) is 5.91 Å². The average molecular weight is 326 g/mol. The van der Waals surface area contributed by atoms with Crippen molar-refractivity contribution in [2.45, 2.75) is 19.4 Å². The van der Waals surface area contributed by atoms with Gasteiger partial charge in [-0.15, -0.1) is 0 Å². The zero-order chi connectivity index (χ0) is 16.9. The maximum Gasteiger partial charge on any atom is 0.417 e. The van der Waals surface area contributed by atoms with Crippen molar-refractivity contribution in [1.29, 1.82) is 0 Å². The summed E-state index contributed by atoms with van der Waals surface area (Å²) in [5, 5.41) is 2.88. The lowest BCUT2D eigenvalue weighted by Crippen LogP contribution is -2.22. The Morgan fingerprint density at radius 2 is 2.08 bits per heavy atom. The van der Waals surface area contributed by atoms with E-state index in [1.165, 1.54) is 0 Å². The van der Waals surface area contributed by atoms with Gasteiger partial charge in [-0.1, -0.05) is 18.2 Å². The van der Waals surface area contributed by atoms with Crippen LogP contribution >= 0.6 is 0 Å². The summed E-state index contributed by atoms with van der Waals surface area (Å²) in [6, 6.07) is 13.0. The van der Waals surface area contributed by atoms with Gasteiger partial charge in [0.15, 0.2) is 5.58 Å². The third kappa shape index (κ3) is 3.84. The highest BCUT2D eigenvalue weighted by atomic mass is 16.5. The average Bonchev–Trinajstić information content (AvgIpc) is 2.97. The normalized spacial score (nSPS) is 10.7. The molecule has 3 aromatic rings. The topological polar surface area (TPSA) is 84.3 Å². The maximum atomic E-state index is 12.0. The van der Waals surface area contributed by atoms with Crippen LogP contribution in [0, 0.1) is 0 Å². The van der Waals surface area contributed by atoms with Crippen LogP contribution in [0.4, 0.5) is 0 Å². The molecule has 0 fully saturated rings. The third-order valence-corrected chi connectivity index (χ3v) is 3.75. The third-order valence-electron chi connectivity index (χ3n) is 3.75. The highest BCUT2D eigenvalue weighted by molar-refractivity contribution is 5.77. The van der Waals surface area contributed by atoms with Gasteiger partial charge in [0.25, 0.3) is 0 Å². The van der Waals surface area contributed by atoms with E-state index < -0.39 is 5.76 Å². The summed E-state index contributed by atoms with van der Waals surface area (Å²) in [6.07, 6.45) is 1.05. The highest BCUT2D eigenvalue weighted by Crippen LogP contribution is 2.14. The lowest BCUT2D eigenvalue weighted by atomic mass is 10.1. The van der Waals surface area contributed by atoms with Crippen LogP contribution in [0.5, 0.6) is 5.75 Å². The lowest BCUT2D eigenvalue weighted by Gasteiger charge is -2.06. The van der Waals surface area contributed by atoms with E-state index >= 15 is 0 Å². The number of nitrogens with one attached hydrogen (secondary N) is 2. The number of aromatic nitrogens is 1. The van der Waals surface area contributed by atoms with Gasteiger partial charge in [-0.25, -0.2) is 4.79 Å². The van der Waals surface area contributed by atoms with Gasteiger partial charge in [0.1, 0.15) is 5.75 Å². The van der Waals surface area contributed by atoms with Crippen LogP contribution in [0.3, 0.4) is 0 Å². The molecule has 0 unspecified atom stereocenters. The number of aryl methyl sites for hydroxylation is 1. The molecule has 2 aromatic carbocycles. The zero-order valence-electron chi connectivity index (χ0n) is 13.3. The van der Waals surface area contributed by atoms with Gasteiger partial charge in [-0.3, -0.25) is 9.78 Å². The molecule has 0 aliphatic carbocycles. The molecule has 0 aliphatic rings. The standard InChI is InChI=1S/C18H18N2O4/c1-23-14-4-2-3-12(9-14)6-8-17(21)19-11-13-5-7-16-15(10-13)20-18(22)24-16/h2-5,7,9-10H,6,8,11H2,1H3,(H,19,21)(H,20,22). The van der Waals surface area contributed by atoms with Gasteiger partial charge in [-0.2, -0.15) is 0 Å². The lowest BCUT2D eigenvalue weighted by molar-refractivity contribution is -0.121. The van der Waals surface area contributed by atoms with E-state index in [-0.39, 0.29) is 5.91 Å². The van der Waals surface area contributed by atoms with Crippen LogP contribution in [0.1, 0.15) is 17.5 Å². The molecular formula is C18H18N2O4. The van der Waals surface area contributed by atoms with E-state index in [0.29, 0.717) is 30.5 Å². The van der Waals surface area contributed by atoms with Crippen LogP contribution < -0.4 is 15.8 Å². The summed E-state index contributed by atoms with van der Waals surface area (Å²) < 4.78 is 10.1. The Hall–Kier alpha value is -3.02. The van der Waals surface area contributed by atoms with Crippen LogP contribution in [0.15, 0.2) is 51.7 Å². The number of hydrogen-bond acceptors (Lipinski definition) is 4. The first kappa shape index (κ1) is 15.9. The Labute approximate surface area is 138 Å². The fourth-order valence-corrected chi connectivity index (χ4v) is 2.48. The number of methoxy groups -OCH3 is 1. The van der Waals surface area contributed by atoms with E-state index in [0.717, 1.165) is 16.9 Å². The number of amides is 1. The molecule has 0 aliphatic heterocycles. The minimum Gasteiger partial charge on any atom is -0.497 e. The van der Waals surface area contributed by atoms with E-state index in [1.54, 1.807) is 19.2 Å². The van der Waals surface area contributed by atoms with E-state index in [4.69, 9.17) is 9.15 Å².